The molecule has 2 aromatic rings. The fourth-order valence-electron chi connectivity index (χ4n) is 8.53. The van der Waals surface area contributed by atoms with Crippen molar-refractivity contribution in [2.24, 2.45) is 17.3 Å². The van der Waals surface area contributed by atoms with Gasteiger partial charge in [-0.2, -0.15) is 11.8 Å². The third kappa shape index (κ3) is 21.3. The lowest BCUT2D eigenvalue weighted by Crippen LogP contribution is -2.47. The Balaban J connectivity index is 1.20. The number of carbonyl (C=O) groups is 6. The number of nitrogens with one attached hydrogen (secondary N) is 2. The van der Waals surface area contributed by atoms with Crippen LogP contribution in [0.2, 0.25) is 0 Å². The molecule has 0 radical (unpaired) electrons. The number of Topliss-reactive ketones (excluding diaryl/α,β-unsaturated/α-hetero) is 2. The molecule has 0 bridgehead atoms. The van der Waals surface area contributed by atoms with Gasteiger partial charge in [-0.25, -0.2) is 4.79 Å². The molecule has 0 saturated heterocycles. The van der Waals surface area contributed by atoms with Crippen LogP contribution in [0.3, 0.4) is 0 Å². The third-order valence-corrected chi connectivity index (χ3v) is 13.6. The Morgan fingerprint density at radius 1 is 0.636 bits per heavy atom. The second kappa shape index (κ2) is 29.0. The van der Waals surface area contributed by atoms with Crippen LogP contribution >= 0.6 is 11.8 Å². The normalized spacial score (nSPS) is 13.9. The molecule has 0 spiro atoms. The summed E-state index contributed by atoms with van der Waals surface area (Å²) in [6, 6.07) is 15.7. The van der Waals surface area contributed by atoms with Crippen LogP contribution in [0.1, 0.15) is 195 Å². The highest BCUT2D eigenvalue weighted by atomic mass is 32.2. The van der Waals surface area contributed by atoms with Gasteiger partial charge in [-0.1, -0.05) is 122 Å². The molecule has 0 aromatic heterocycles. The van der Waals surface area contributed by atoms with Gasteiger partial charge in [-0.05, 0) is 118 Å². The van der Waals surface area contributed by atoms with E-state index in [1.54, 1.807) is 0 Å². The van der Waals surface area contributed by atoms with Gasteiger partial charge in [0.25, 0.3) is 0 Å². The lowest BCUT2D eigenvalue weighted by atomic mass is 9.83. The lowest BCUT2D eigenvalue weighted by Gasteiger charge is -2.31. The van der Waals surface area contributed by atoms with Crippen molar-refractivity contribution >= 4 is 47.1 Å². The summed E-state index contributed by atoms with van der Waals surface area (Å²) in [5.74, 6) is 1.15. The first-order chi connectivity index (χ1) is 31.3. The van der Waals surface area contributed by atoms with Crippen LogP contribution in [0, 0.1) is 17.3 Å². The predicted octanol–water partition coefficient (Wildman–Crippen LogP) is 11.9. The minimum absolute atomic E-state index is 0.0128. The van der Waals surface area contributed by atoms with Crippen LogP contribution in [0.4, 0.5) is 0 Å². The van der Waals surface area contributed by atoms with Gasteiger partial charge in [0, 0.05) is 43.6 Å². The number of hydrogen-bond donors (Lipinski definition) is 2. The number of amides is 2. The van der Waals surface area contributed by atoms with E-state index in [1.807, 2.05) is 70.6 Å². The van der Waals surface area contributed by atoms with Gasteiger partial charge < -0.3 is 20.1 Å². The molecule has 0 aliphatic heterocycles. The maximum atomic E-state index is 12.9. The summed E-state index contributed by atoms with van der Waals surface area (Å²) in [4.78, 5) is 76.2. The molecule has 1 aliphatic rings. The minimum atomic E-state index is -0.628. The van der Waals surface area contributed by atoms with Crippen molar-refractivity contribution in [3.63, 3.8) is 0 Å². The summed E-state index contributed by atoms with van der Waals surface area (Å²) in [5.41, 5.74) is 3.90. The van der Waals surface area contributed by atoms with E-state index in [4.69, 9.17) is 9.47 Å². The molecule has 3 unspecified atom stereocenters. The predicted molar refractivity (Wildman–Crippen MR) is 268 cm³/mol. The van der Waals surface area contributed by atoms with E-state index in [0.29, 0.717) is 38.5 Å². The number of ketones is 2. The minimum Gasteiger partial charge on any atom is -0.465 e. The van der Waals surface area contributed by atoms with E-state index in [0.717, 1.165) is 93.3 Å². The molecule has 0 heterocycles. The molecule has 11 heteroatoms. The summed E-state index contributed by atoms with van der Waals surface area (Å²) >= 11 is 1.96. The highest BCUT2D eigenvalue weighted by molar-refractivity contribution is 7.99. The monoisotopic (exact) mass is 933 g/mol. The molecule has 3 rings (SSSR count). The summed E-state index contributed by atoms with van der Waals surface area (Å²) < 4.78 is 11.3. The Bertz CT molecular complexity index is 1800. The molecule has 10 nitrogen and oxygen atoms in total. The molecule has 2 N–H and O–H groups in total. The standard InChI is InChI=1S/C55H84N2O8S/c1-39(2)52(53(63)65-55(7,8)9)57-50(61)32-17-11-10-12-23-35-66-36-24-14-18-31-49(60)56-48(54(4,5)6)34-33-42(59)26-16-13-15-25-41(40(3)58)37-51(62)64-38-47-45-29-21-19-27-43(45)44-28-20-22-30-46(44)47/h19-22,27-30,39,41,47-48,52H,10-18,23-26,31-38H2,1-9H3,(H,56,60)(H,57,61). The smallest absolute Gasteiger partial charge is 0.329 e. The van der Waals surface area contributed by atoms with E-state index in [-0.39, 0.29) is 71.6 Å². The van der Waals surface area contributed by atoms with Gasteiger partial charge in [0.2, 0.25) is 11.8 Å². The lowest BCUT2D eigenvalue weighted by molar-refractivity contribution is -0.160. The van der Waals surface area contributed by atoms with Gasteiger partial charge in [0.05, 0.1) is 6.42 Å². The number of fused-ring (bicyclic) bond motifs is 3. The molecule has 2 amide bonds. The van der Waals surface area contributed by atoms with Crippen LogP contribution in [-0.2, 0) is 38.2 Å². The fourth-order valence-corrected chi connectivity index (χ4v) is 9.55. The number of thioether (sulfide) groups is 1. The average Bonchev–Trinajstić information content (AvgIpc) is 3.56. The van der Waals surface area contributed by atoms with Crippen molar-refractivity contribution in [1.29, 1.82) is 0 Å². The number of hydrogen-bond acceptors (Lipinski definition) is 9. The molecule has 0 fully saturated rings. The van der Waals surface area contributed by atoms with Crippen LogP contribution < -0.4 is 10.6 Å². The molecule has 66 heavy (non-hydrogen) atoms. The van der Waals surface area contributed by atoms with E-state index in [2.05, 4.69) is 55.7 Å². The van der Waals surface area contributed by atoms with Crippen molar-refractivity contribution < 1.29 is 38.2 Å². The molecule has 0 saturated carbocycles. The van der Waals surface area contributed by atoms with Crippen molar-refractivity contribution in [3.8, 4) is 11.1 Å². The number of benzene rings is 2. The highest BCUT2D eigenvalue weighted by Crippen LogP contribution is 2.44. The number of esters is 2. The van der Waals surface area contributed by atoms with E-state index < -0.39 is 17.6 Å². The van der Waals surface area contributed by atoms with Crippen molar-refractivity contribution in [1.82, 2.24) is 10.6 Å². The van der Waals surface area contributed by atoms with Crippen molar-refractivity contribution in [2.75, 3.05) is 18.1 Å². The topological polar surface area (TPSA) is 145 Å². The molecular weight excluding hydrogens is 849 g/mol. The van der Waals surface area contributed by atoms with Crippen LogP contribution in [0.5, 0.6) is 0 Å². The summed E-state index contributed by atoms with van der Waals surface area (Å²) in [6.07, 6.45) is 13.5. The van der Waals surface area contributed by atoms with Crippen molar-refractivity contribution in [2.45, 2.75) is 201 Å². The molecule has 1 aliphatic carbocycles. The molecular formula is C55H84N2O8S. The highest BCUT2D eigenvalue weighted by Gasteiger charge is 2.31. The van der Waals surface area contributed by atoms with Gasteiger partial charge in [0.15, 0.2) is 0 Å². The van der Waals surface area contributed by atoms with Crippen LogP contribution in [-0.4, -0.2) is 71.1 Å². The van der Waals surface area contributed by atoms with Gasteiger partial charge in [0.1, 0.15) is 29.8 Å². The second-order valence-corrected chi connectivity index (χ2v) is 22.1. The number of ether oxygens (including phenoxy) is 2. The van der Waals surface area contributed by atoms with Gasteiger partial charge in [-0.15, -0.1) is 0 Å². The fraction of sp³-hybridized carbons (Fsp3) is 0.673. The van der Waals surface area contributed by atoms with Gasteiger partial charge in [-0.3, -0.25) is 24.0 Å². The first kappa shape index (κ1) is 56.3. The Kier molecular flexibility index (Phi) is 24.8. The Morgan fingerprint density at radius 2 is 1.15 bits per heavy atom. The summed E-state index contributed by atoms with van der Waals surface area (Å²) in [7, 11) is 0. The quantitative estimate of drug-likeness (QED) is 0.0541. The zero-order chi connectivity index (χ0) is 48.7. The van der Waals surface area contributed by atoms with E-state index >= 15 is 0 Å². The Morgan fingerprint density at radius 3 is 1.71 bits per heavy atom. The van der Waals surface area contributed by atoms with Gasteiger partial charge >= 0.3 is 11.9 Å². The Labute approximate surface area is 402 Å². The summed E-state index contributed by atoms with van der Waals surface area (Å²) in [5, 5.41) is 6.09. The number of rotatable bonds is 32. The van der Waals surface area contributed by atoms with Crippen LogP contribution in [0.15, 0.2) is 48.5 Å². The zero-order valence-corrected chi connectivity index (χ0v) is 42.8. The number of carbonyl (C=O) groups excluding carboxylic acids is 6. The van der Waals surface area contributed by atoms with E-state index in [1.165, 1.54) is 18.1 Å². The first-order valence-corrected chi connectivity index (χ1v) is 26.2. The largest absolute Gasteiger partial charge is 0.465 e. The summed E-state index contributed by atoms with van der Waals surface area (Å²) in [6.45, 7) is 17.4. The number of unbranched alkanes of at least 4 members (excludes halogenated alkanes) is 8. The molecule has 3 atom stereocenters. The van der Waals surface area contributed by atoms with Crippen molar-refractivity contribution in [3.05, 3.63) is 59.7 Å². The second-order valence-electron chi connectivity index (χ2n) is 20.8. The molecule has 368 valence electrons. The first-order valence-electron chi connectivity index (χ1n) is 25.0. The average molecular weight is 933 g/mol. The van der Waals surface area contributed by atoms with Crippen LogP contribution in [0.25, 0.3) is 11.1 Å². The van der Waals surface area contributed by atoms with E-state index in [9.17, 15) is 28.8 Å². The maximum Gasteiger partial charge on any atom is 0.329 e. The maximum absolute atomic E-state index is 12.9. The zero-order valence-electron chi connectivity index (χ0n) is 42.0. The third-order valence-electron chi connectivity index (χ3n) is 12.5. The SMILES string of the molecule is CC(=O)C(CCCCCC(=O)CCC(NC(=O)CCCCCSCCCCCCCC(=O)NC(C(=O)OC(C)(C)C)C(C)C)C(C)(C)C)CC(=O)OCC1c2ccccc2-c2ccccc21. The Hall–Kier alpha value is -3.99. The molecule has 2 aromatic carbocycles.